The Labute approximate surface area is 199 Å². The molecule has 4 nitrogen and oxygen atoms in total. The lowest BCUT2D eigenvalue weighted by Crippen LogP contribution is -2.27. The van der Waals surface area contributed by atoms with E-state index >= 15 is 0 Å². The fourth-order valence-corrected chi connectivity index (χ4v) is 3.34. The number of rotatable bonds is 12. The molecule has 7 heteroatoms. The molecule has 0 fully saturated rings. The van der Waals surface area contributed by atoms with E-state index in [-0.39, 0.29) is 24.8 Å². The summed E-state index contributed by atoms with van der Waals surface area (Å²) in [4.78, 5) is 2.43. The summed E-state index contributed by atoms with van der Waals surface area (Å²) >= 11 is 6.48. The topological polar surface area (TPSA) is 33.7 Å². The van der Waals surface area contributed by atoms with Gasteiger partial charge in [0.1, 0.15) is 6.61 Å². The van der Waals surface area contributed by atoms with Gasteiger partial charge in [0.2, 0.25) is 0 Å². The number of nitrogens with zero attached hydrogens (tertiary/aromatic N) is 1. The second-order valence-electron chi connectivity index (χ2n) is 6.94. The summed E-state index contributed by atoms with van der Waals surface area (Å²) in [7, 11) is 1.64. The van der Waals surface area contributed by atoms with E-state index in [0.717, 1.165) is 50.3 Å². The van der Waals surface area contributed by atoms with Crippen LogP contribution in [0.1, 0.15) is 37.0 Å². The second kappa shape index (κ2) is 15.6. The highest BCUT2D eigenvalue weighted by Crippen LogP contribution is 2.37. The average molecular weight is 478 g/mol. The first kappa shape index (κ1) is 28.8. The van der Waals surface area contributed by atoms with Crippen LogP contribution in [0.4, 0.5) is 0 Å². The van der Waals surface area contributed by atoms with Gasteiger partial charge >= 0.3 is 0 Å². The molecule has 0 aliphatic carbocycles. The van der Waals surface area contributed by atoms with E-state index in [1.807, 2.05) is 12.1 Å². The highest BCUT2D eigenvalue weighted by molar-refractivity contribution is 6.32. The average Bonchev–Trinajstić information content (AvgIpc) is 2.70. The van der Waals surface area contributed by atoms with E-state index in [1.54, 1.807) is 7.11 Å². The fourth-order valence-electron chi connectivity index (χ4n) is 3.06. The van der Waals surface area contributed by atoms with Gasteiger partial charge in [-0.15, -0.1) is 24.8 Å². The summed E-state index contributed by atoms with van der Waals surface area (Å²) in [6.07, 6.45) is 1.13. The zero-order valence-electron chi connectivity index (χ0n) is 18.4. The Balaban J connectivity index is 0.00000420. The first-order valence-corrected chi connectivity index (χ1v) is 10.4. The SMILES string of the molecule is CCN(CC)CCCNCc1cc(Cl)c(OCc2ccc(C)cc2)c(OC)c1.Cl.Cl. The number of methoxy groups -OCH3 is 1. The van der Waals surface area contributed by atoms with E-state index < -0.39 is 0 Å². The van der Waals surface area contributed by atoms with Gasteiger partial charge in [0, 0.05) is 6.54 Å². The lowest BCUT2D eigenvalue weighted by molar-refractivity contribution is 0.284. The highest BCUT2D eigenvalue weighted by atomic mass is 35.5. The van der Waals surface area contributed by atoms with E-state index in [2.05, 4.69) is 55.3 Å². The smallest absolute Gasteiger partial charge is 0.180 e. The number of benzene rings is 2. The number of ether oxygens (including phenoxy) is 2. The molecule has 0 saturated carbocycles. The van der Waals surface area contributed by atoms with Crippen molar-refractivity contribution >= 4 is 36.4 Å². The Morgan fingerprint density at radius 2 is 1.67 bits per heavy atom. The molecule has 0 heterocycles. The van der Waals surface area contributed by atoms with Crippen molar-refractivity contribution in [3.8, 4) is 11.5 Å². The lowest BCUT2D eigenvalue weighted by Gasteiger charge is -2.18. The molecule has 0 unspecified atom stereocenters. The summed E-state index contributed by atoms with van der Waals surface area (Å²) < 4.78 is 11.5. The van der Waals surface area contributed by atoms with Crippen molar-refractivity contribution in [3.05, 3.63) is 58.1 Å². The normalized spacial score (nSPS) is 10.3. The Morgan fingerprint density at radius 1 is 1.00 bits per heavy atom. The number of hydrogen-bond donors (Lipinski definition) is 1. The van der Waals surface area contributed by atoms with Crippen LogP contribution in [-0.4, -0.2) is 38.2 Å². The molecule has 30 heavy (non-hydrogen) atoms. The van der Waals surface area contributed by atoms with Crippen LogP contribution < -0.4 is 14.8 Å². The van der Waals surface area contributed by atoms with E-state index in [0.29, 0.717) is 23.1 Å². The number of halogens is 3. The monoisotopic (exact) mass is 476 g/mol. The molecular formula is C23H35Cl3N2O2. The number of hydrogen-bond acceptors (Lipinski definition) is 4. The molecule has 2 aromatic rings. The van der Waals surface area contributed by atoms with Gasteiger partial charge in [-0.25, -0.2) is 0 Å². The summed E-state index contributed by atoms with van der Waals surface area (Å²) in [5, 5.41) is 4.06. The quantitative estimate of drug-likeness (QED) is 0.386. The molecule has 2 rings (SSSR count). The van der Waals surface area contributed by atoms with Crippen LogP contribution in [0, 0.1) is 6.92 Å². The van der Waals surface area contributed by atoms with E-state index in [4.69, 9.17) is 21.1 Å². The van der Waals surface area contributed by atoms with Crippen LogP contribution in [0.3, 0.4) is 0 Å². The van der Waals surface area contributed by atoms with E-state index in [9.17, 15) is 0 Å². The lowest BCUT2D eigenvalue weighted by atomic mass is 10.1. The predicted octanol–water partition coefficient (Wildman–Crippen LogP) is 5.90. The molecule has 0 radical (unpaired) electrons. The molecule has 0 spiro atoms. The molecule has 2 aromatic carbocycles. The Hall–Kier alpha value is -1.17. The van der Waals surface area contributed by atoms with Gasteiger partial charge in [0.05, 0.1) is 12.1 Å². The summed E-state index contributed by atoms with van der Waals surface area (Å²) in [6.45, 7) is 12.0. The van der Waals surface area contributed by atoms with Crippen molar-refractivity contribution in [1.29, 1.82) is 0 Å². The van der Waals surface area contributed by atoms with Gasteiger partial charge in [-0.05, 0) is 62.8 Å². The largest absolute Gasteiger partial charge is 0.493 e. The van der Waals surface area contributed by atoms with Crippen LogP contribution in [0.2, 0.25) is 5.02 Å². The van der Waals surface area contributed by atoms with Gasteiger partial charge in [-0.2, -0.15) is 0 Å². The maximum atomic E-state index is 6.48. The standard InChI is InChI=1S/C23H33ClN2O2.2ClH/c1-5-26(6-2)13-7-12-25-16-20-14-21(24)23(22(15-20)27-4)28-17-19-10-8-18(3)9-11-19;;/h8-11,14-15,25H,5-7,12-13,16-17H2,1-4H3;2*1H. The zero-order valence-corrected chi connectivity index (χ0v) is 20.8. The van der Waals surface area contributed by atoms with Crippen molar-refractivity contribution in [2.45, 2.75) is 40.3 Å². The van der Waals surface area contributed by atoms with Gasteiger partial charge in [0.15, 0.2) is 11.5 Å². The molecule has 0 aliphatic heterocycles. The molecule has 0 amide bonds. The van der Waals surface area contributed by atoms with Crippen molar-refractivity contribution < 1.29 is 9.47 Å². The molecule has 0 saturated heterocycles. The van der Waals surface area contributed by atoms with Crippen molar-refractivity contribution in [1.82, 2.24) is 10.2 Å². The van der Waals surface area contributed by atoms with Gasteiger partial charge in [0.25, 0.3) is 0 Å². The first-order valence-electron chi connectivity index (χ1n) is 10.0. The highest BCUT2D eigenvalue weighted by Gasteiger charge is 2.12. The minimum atomic E-state index is 0. The van der Waals surface area contributed by atoms with Crippen LogP contribution in [0.5, 0.6) is 11.5 Å². The van der Waals surface area contributed by atoms with Gasteiger partial charge in [-0.1, -0.05) is 55.3 Å². The van der Waals surface area contributed by atoms with Crippen LogP contribution in [-0.2, 0) is 13.2 Å². The molecule has 170 valence electrons. The Morgan fingerprint density at radius 3 is 2.27 bits per heavy atom. The van der Waals surface area contributed by atoms with Crippen molar-refractivity contribution in [2.24, 2.45) is 0 Å². The van der Waals surface area contributed by atoms with Crippen LogP contribution >= 0.6 is 36.4 Å². The van der Waals surface area contributed by atoms with Gasteiger partial charge < -0.3 is 19.7 Å². The minimum absolute atomic E-state index is 0. The number of nitrogens with one attached hydrogen (secondary N) is 1. The molecule has 0 aliphatic rings. The Kier molecular flexibility index (Phi) is 15.0. The molecule has 0 atom stereocenters. The maximum absolute atomic E-state index is 6.48. The first-order chi connectivity index (χ1) is 13.6. The summed E-state index contributed by atoms with van der Waals surface area (Å²) in [5.74, 6) is 1.26. The zero-order chi connectivity index (χ0) is 20.4. The van der Waals surface area contributed by atoms with Crippen molar-refractivity contribution in [3.63, 3.8) is 0 Å². The van der Waals surface area contributed by atoms with Crippen LogP contribution in [0.25, 0.3) is 0 Å². The molecule has 1 N–H and O–H groups in total. The third-order valence-electron chi connectivity index (χ3n) is 4.84. The minimum Gasteiger partial charge on any atom is -0.493 e. The van der Waals surface area contributed by atoms with Gasteiger partial charge in [-0.3, -0.25) is 0 Å². The molecule has 0 aromatic heterocycles. The van der Waals surface area contributed by atoms with E-state index in [1.165, 1.54) is 5.56 Å². The fraction of sp³-hybridized carbons (Fsp3) is 0.478. The molecular weight excluding hydrogens is 443 g/mol. The third kappa shape index (κ3) is 9.32. The van der Waals surface area contributed by atoms with Crippen LogP contribution in [0.15, 0.2) is 36.4 Å². The predicted molar refractivity (Wildman–Crippen MR) is 132 cm³/mol. The maximum Gasteiger partial charge on any atom is 0.180 e. The summed E-state index contributed by atoms with van der Waals surface area (Å²) in [5.41, 5.74) is 3.42. The van der Waals surface area contributed by atoms with Crippen molar-refractivity contribution in [2.75, 3.05) is 33.3 Å². The third-order valence-corrected chi connectivity index (χ3v) is 5.13. The summed E-state index contributed by atoms with van der Waals surface area (Å²) in [6, 6.07) is 12.2. The number of aryl methyl sites for hydroxylation is 1. The molecule has 0 bridgehead atoms. The Bertz CT molecular complexity index is 723. The second-order valence-corrected chi connectivity index (χ2v) is 7.35.